The Labute approximate surface area is 350 Å². The Bertz CT molecular complexity index is 3060. The van der Waals surface area contributed by atoms with Crippen molar-refractivity contribution in [3.8, 4) is 11.3 Å². The van der Waals surface area contributed by atoms with Gasteiger partial charge in [-0.2, -0.15) is 0 Å². The largest absolute Gasteiger partial charge is 0.310 e. The van der Waals surface area contributed by atoms with E-state index in [1.807, 2.05) is 0 Å². The fourth-order valence-corrected chi connectivity index (χ4v) is 8.24. The number of nitrogens with zero attached hydrogens (tertiary/aromatic N) is 3. The molecule has 0 aliphatic rings. The first-order chi connectivity index (χ1) is 29.8. The quantitative estimate of drug-likeness (QED) is 0.151. The molecule has 11 aromatic rings. The molecule has 60 heavy (non-hydrogen) atoms. The molecule has 0 N–H and O–H groups in total. The number of para-hydroxylation sites is 4. The standard InChI is InChI=1S/C43H31N3.C14H10/c1-6-16-32(17-7-1)43-41-30-37(45(33-18-8-2-9-19-33)34-20-10-3-11-21-34)26-28-39(41)40-29-27-38(31-42(40)44-43)46(35-22-12-4-13-23-35)36-24-14-5-15-25-36;1-3-7-13-11(5-1)9-10-12-6-2-4-8-14(12)13/h1-31H;1-10H. The molecular weight excluding hydrogens is 727 g/mol. The van der Waals surface area contributed by atoms with E-state index in [0.29, 0.717) is 0 Å². The molecule has 0 saturated carbocycles. The lowest BCUT2D eigenvalue weighted by Gasteiger charge is -2.27. The molecule has 0 aliphatic heterocycles. The highest BCUT2D eigenvalue weighted by Gasteiger charge is 2.18. The van der Waals surface area contributed by atoms with Crippen LogP contribution in [0.4, 0.5) is 34.1 Å². The van der Waals surface area contributed by atoms with E-state index in [1.54, 1.807) is 0 Å². The lowest BCUT2D eigenvalue weighted by atomic mass is 9.98. The third-order valence-corrected chi connectivity index (χ3v) is 11.0. The fraction of sp³-hybridized carbons (Fsp3) is 0. The average Bonchev–Trinajstić information content (AvgIpc) is 3.33. The Morgan fingerprint density at radius 2 is 0.633 bits per heavy atom. The topological polar surface area (TPSA) is 19.4 Å². The summed E-state index contributed by atoms with van der Waals surface area (Å²) in [5.74, 6) is 0. The molecule has 0 unspecified atom stereocenters. The number of hydrogen-bond donors (Lipinski definition) is 0. The molecule has 0 atom stereocenters. The van der Waals surface area contributed by atoms with Gasteiger partial charge in [-0.1, -0.05) is 176 Å². The molecule has 0 spiro atoms. The predicted molar refractivity (Wildman–Crippen MR) is 256 cm³/mol. The van der Waals surface area contributed by atoms with Crippen molar-refractivity contribution in [3.05, 3.63) is 249 Å². The summed E-state index contributed by atoms with van der Waals surface area (Å²) >= 11 is 0. The van der Waals surface area contributed by atoms with Crippen molar-refractivity contribution in [2.75, 3.05) is 9.80 Å². The summed E-state index contributed by atoms with van der Waals surface area (Å²) in [5.41, 5.74) is 9.57. The van der Waals surface area contributed by atoms with Crippen LogP contribution in [-0.4, -0.2) is 4.98 Å². The van der Waals surface area contributed by atoms with Crippen LogP contribution in [0.1, 0.15) is 0 Å². The Balaban J connectivity index is 0.000000259. The molecular formula is C57H41N3. The molecule has 1 aromatic heterocycles. The van der Waals surface area contributed by atoms with Gasteiger partial charge in [0, 0.05) is 50.5 Å². The summed E-state index contributed by atoms with van der Waals surface area (Å²) in [4.78, 5) is 10.00. The van der Waals surface area contributed by atoms with Crippen molar-refractivity contribution in [3.63, 3.8) is 0 Å². The Hall–Kier alpha value is -8.01. The minimum atomic E-state index is 0.955. The molecule has 0 bridgehead atoms. The minimum Gasteiger partial charge on any atom is -0.310 e. The maximum absolute atomic E-state index is 5.40. The maximum atomic E-state index is 5.40. The van der Waals surface area contributed by atoms with Crippen molar-refractivity contribution in [1.29, 1.82) is 0 Å². The van der Waals surface area contributed by atoms with Crippen LogP contribution < -0.4 is 9.80 Å². The summed E-state index contributed by atoms with van der Waals surface area (Å²) in [6.45, 7) is 0. The van der Waals surface area contributed by atoms with Crippen LogP contribution in [0.2, 0.25) is 0 Å². The number of aromatic nitrogens is 1. The maximum Gasteiger partial charge on any atom is 0.0788 e. The van der Waals surface area contributed by atoms with E-state index in [0.717, 1.165) is 61.7 Å². The van der Waals surface area contributed by atoms with E-state index < -0.39 is 0 Å². The van der Waals surface area contributed by atoms with Gasteiger partial charge in [-0.3, -0.25) is 0 Å². The minimum absolute atomic E-state index is 0.955. The van der Waals surface area contributed by atoms with E-state index >= 15 is 0 Å². The molecule has 3 nitrogen and oxygen atoms in total. The monoisotopic (exact) mass is 767 g/mol. The first-order valence-electron chi connectivity index (χ1n) is 20.4. The normalized spacial score (nSPS) is 11.0. The molecule has 0 radical (unpaired) electrons. The van der Waals surface area contributed by atoms with Crippen LogP contribution in [-0.2, 0) is 0 Å². The average molecular weight is 768 g/mol. The summed E-state index contributed by atoms with van der Waals surface area (Å²) in [6, 6.07) is 87.4. The van der Waals surface area contributed by atoms with Crippen LogP contribution in [0.25, 0.3) is 54.5 Å². The molecule has 0 fully saturated rings. The highest BCUT2D eigenvalue weighted by Crippen LogP contribution is 2.42. The summed E-state index contributed by atoms with van der Waals surface area (Å²) in [5, 5.41) is 8.71. The number of pyridine rings is 1. The van der Waals surface area contributed by atoms with Crippen LogP contribution in [0.3, 0.4) is 0 Å². The van der Waals surface area contributed by atoms with E-state index in [1.165, 1.54) is 26.9 Å². The SMILES string of the molecule is c1ccc(-c2nc3cc(N(c4ccccc4)c4ccccc4)ccc3c3ccc(N(c4ccccc4)c4ccccc4)cc23)cc1.c1ccc2c(c1)ccc1ccccc12. The van der Waals surface area contributed by atoms with Gasteiger partial charge in [-0.15, -0.1) is 0 Å². The number of anilines is 6. The first-order valence-corrected chi connectivity index (χ1v) is 20.4. The molecule has 3 heteroatoms. The number of benzene rings is 10. The number of rotatable bonds is 7. The zero-order chi connectivity index (χ0) is 40.1. The van der Waals surface area contributed by atoms with Gasteiger partial charge in [0.25, 0.3) is 0 Å². The van der Waals surface area contributed by atoms with Gasteiger partial charge >= 0.3 is 0 Å². The second-order valence-corrected chi connectivity index (χ2v) is 14.8. The zero-order valence-corrected chi connectivity index (χ0v) is 33.0. The van der Waals surface area contributed by atoms with E-state index in [4.69, 9.17) is 4.98 Å². The van der Waals surface area contributed by atoms with E-state index in [-0.39, 0.29) is 0 Å². The van der Waals surface area contributed by atoms with Crippen molar-refractivity contribution in [2.24, 2.45) is 0 Å². The second kappa shape index (κ2) is 16.5. The van der Waals surface area contributed by atoms with Crippen LogP contribution in [0.5, 0.6) is 0 Å². The summed E-state index contributed by atoms with van der Waals surface area (Å²) < 4.78 is 0. The number of fused-ring (bicyclic) bond motifs is 6. The predicted octanol–water partition coefficient (Wildman–Crippen LogP) is 16.0. The fourth-order valence-electron chi connectivity index (χ4n) is 8.24. The lowest BCUT2D eigenvalue weighted by Crippen LogP contribution is -2.10. The first kappa shape index (κ1) is 36.3. The molecule has 284 valence electrons. The van der Waals surface area contributed by atoms with Crippen LogP contribution in [0, 0.1) is 0 Å². The Kier molecular flexibility index (Phi) is 9.97. The van der Waals surface area contributed by atoms with Gasteiger partial charge in [0.05, 0.1) is 11.2 Å². The van der Waals surface area contributed by atoms with Crippen molar-refractivity contribution in [1.82, 2.24) is 4.98 Å². The number of hydrogen-bond acceptors (Lipinski definition) is 3. The summed E-state index contributed by atoms with van der Waals surface area (Å²) in [7, 11) is 0. The third-order valence-electron chi connectivity index (χ3n) is 11.0. The van der Waals surface area contributed by atoms with E-state index in [9.17, 15) is 0 Å². The molecule has 0 saturated heterocycles. The van der Waals surface area contributed by atoms with Gasteiger partial charge < -0.3 is 9.80 Å². The molecule has 0 amide bonds. The molecule has 10 aromatic carbocycles. The molecule has 0 aliphatic carbocycles. The van der Waals surface area contributed by atoms with Crippen molar-refractivity contribution < 1.29 is 0 Å². The van der Waals surface area contributed by atoms with Crippen molar-refractivity contribution in [2.45, 2.75) is 0 Å². The zero-order valence-electron chi connectivity index (χ0n) is 33.0. The van der Waals surface area contributed by atoms with E-state index in [2.05, 4.69) is 259 Å². The lowest BCUT2D eigenvalue weighted by molar-refractivity contribution is 1.28. The molecule has 11 rings (SSSR count). The van der Waals surface area contributed by atoms with Gasteiger partial charge in [-0.25, -0.2) is 4.98 Å². The summed E-state index contributed by atoms with van der Waals surface area (Å²) in [6.07, 6.45) is 0. The highest BCUT2D eigenvalue weighted by molar-refractivity contribution is 6.13. The third kappa shape index (κ3) is 7.21. The Morgan fingerprint density at radius 1 is 0.250 bits per heavy atom. The van der Waals surface area contributed by atoms with Gasteiger partial charge in [0.1, 0.15) is 0 Å². The molecule has 1 heterocycles. The van der Waals surface area contributed by atoms with Gasteiger partial charge in [-0.05, 0) is 99.7 Å². The highest BCUT2D eigenvalue weighted by atomic mass is 15.1. The van der Waals surface area contributed by atoms with Crippen LogP contribution >= 0.6 is 0 Å². The van der Waals surface area contributed by atoms with Crippen molar-refractivity contribution >= 4 is 77.3 Å². The van der Waals surface area contributed by atoms with Gasteiger partial charge in [0.15, 0.2) is 0 Å². The smallest absolute Gasteiger partial charge is 0.0788 e. The van der Waals surface area contributed by atoms with Gasteiger partial charge in [0.2, 0.25) is 0 Å². The van der Waals surface area contributed by atoms with Crippen LogP contribution in [0.15, 0.2) is 249 Å². The Morgan fingerprint density at radius 3 is 1.10 bits per heavy atom. The second-order valence-electron chi connectivity index (χ2n) is 14.8.